The zero-order valence-corrected chi connectivity index (χ0v) is 8.49. The summed E-state index contributed by atoms with van der Waals surface area (Å²) in [5.41, 5.74) is 0. The summed E-state index contributed by atoms with van der Waals surface area (Å²) in [5, 5.41) is 12.4. The number of nitrogens with one attached hydrogen (secondary N) is 3. The van der Waals surface area contributed by atoms with Crippen LogP contribution in [0, 0.1) is 0 Å². The molecule has 1 aliphatic rings. The van der Waals surface area contributed by atoms with Crippen LogP contribution in [0.2, 0.25) is 0 Å². The molecule has 6 nitrogen and oxygen atoms in total. The molecule has 82 valence electrons. The van der Waals surface area contributed by atoms with E-state index in [4.69, 9.17) is 0 Å². The quantitative estimate of drug-likeness (QED) is 0.612. The van der Waals surface area contributed by atoms with Gasteiger partial charge >= 0.3 is 0 Å². The minimum atomic E-state index is 0.00106. The third-order valence-electron chi connectivity index (χ3n) is 2.35. The van der Waals surface area contributed by atoms with Gasteiger partial charge in [-0.25, -0.2) is 0 Å². The van der Waals surface area contributed by atoms with Crippen LogP contribution in [0.5, 0.6) is 0 Å². The third kappa shape index (κ3) is 3.03. The van der Waals surface area contributed by atoms with Crippen molar-refractivity contribution < 1.29 is 4.79 Å². The Morgan fingerprint density at radius 3 is 3.00 bits per heavy atom. The van der Waals surface area contributed by atoms with Gasteiger partial charge in [0.1, 0.15) is 5.82 Å². The lowest BCUT2D eigenvalue weighted by Crippen LogP contribution is -2.46. The van der Waals surface area contributed by atoms with Crippen molar-refractivity contribution in [2.75, 3.05) is 38.0 Å². The maximum Gasteiger partial charge on any atom is 0.239 e. The van der Waals surface area contributed by atoms with Crippen LogP contribution >= 0.6 is 0 Å². The van der Waals surface area contributed by atoms with E-state index >= 15 is 0 Å². The molecule has 2 rings (SSSR count). The number of aromatic amines is 1. The Hall–Kier alpha value is -1.40. The zero-order valence-electron chi connectivity index (χ0n) is 8.49. The van der Waals surface area contributed by atoms with Crippen molar-refractivity contribution in [3.8, 4) is 0 Å². The van der Waals surface area contributed by atoms with Crippen molar-refractivity contribution >= 4 is 11.7 Å². The lowest BCUT2D eigenvalue weighted by molar-refractivity contribution is -0.117. The number of nitrogens with zero attached hydrogens (tertiary/aromatic N) is 2. The number of H-pyrrole nitrogens is 1. The minimum Gasteiger partial charge on any atom is -0.314 e. The number of piperazine rings is 1. The topological polar surface area (TPSA) is 73.1 Å². The molecule has 0 unspecified atom stereocenters. The smallest absolute Gasteiger partial charge is 0.239 e. The largest absolute Gasteiger partial charge is 0.314 e. The molecule has 0 saturated carbocycles. The predicted octanol–water partition coefficient (Wildman–Crippen LogP) is -0.747. The highest BCUT2D eigenvalue weighted by Gasteiger charge is 2.13. The Morgan fingerprint density at radius 1 is 1.53 bits per heavy atom. The molecule has 1 amide bonds. The van der Waals surface area contributed by atoms with Crippen molar-refractivity contribution in [1.29, 1.82) is 0 Å². The third-order valence-corrected chi connectivity index (χ3v) is 2.35. The second-order valence-electron chi connectivity index (χ2n) is 3.54. The van der Waals surface area contributed by atoms with Crippen LogP contribution in [0.15, 0.2) is 12.3 Å². The molecule has 3 N–H and O–H groups in total. The summed E-state index contributed by atoms with van der Waals surface area (Å²) in [6, 6.07) is 1.73. The number of amides is 1. The number of hydrogen-bond acceptors (Lipinski definition) is 4. The van der Waals surface area contributed by atoms with E-state index in [2.05, 4.69) is 25.7 Å². The van der Waals surface area contributed by atoms with Crippen LogP contribution in [0.25, 0.3) is 0 Å². The highest BCUT2D eigenvalue weighted by molar-refractivity contribution is 5.91. The first kappa shape index (κ1) is 10.1. The molecule has 0 bridgehead atoms. The van der Waals surface area contributed by atoms with E-state index in [1.54, 1.807) is 12.3 Å². The minimum absolute atomic E-state index is 0.00106. The van der Waals surface area contributed by atoms with Gasteiger partial charge < -0.3 is 10.6 Å². The van der Waals surface area contributed by atoms with Gasteiger partial charge in [0.15, 0.2) is 0 Å². The van der Waals surface area contributed by atoms with Gasteiger partial charge in [0, 0.05) is 32.2 Å². The zero-order chi connectivity index (χ0) is 10.5. The summed E-state index contributed by atoms with van der Waals surface area (Å²) in [5.74, 6) is 0.649. The molecular formula is C9H15N5O. The van der Waals surface area contributed by atoms with Gasteiger partial charge in [-0.05, 0) is 0 Å². The summed E-state index contributed by atoms with van der Waals surface area (Å²) >= 11 is 0. The predicted molar refractivity (Wildman–Crippen MR) is 56.5 cm³/mol. The molecular weight excluding hydrogens is 194 g/mol. The fourth-order valence-electron chi connectivity index (χ4n) is 1.59. The van der Waals surface area contributed by atoms with Crippen molar-refractivity contribution in [3.63, 3.8) is 0 Å². The van der Waals surface area contributed by atoms with Gasteiger partial charge in [-0.2, -0.15) is 5.10 Å². The van der Waals surface area contributed by atoms with Crippen molar-refractivity contribution in [2.45, 2.75) is 0 Å². The van der Waals surface area contributed by atoms with Crippen LogP contribution in [0.4, 0.5) is 5.82 Å². The van der Waals surface area contributed by atoms with Gasteiger partial charge in [-0.1, -0.05) is 0 Å². The number of aromatic nitrogens is 2. The number of carbonyl (C=O) groups excluding carboxylic acids is 1. The fraction of sp³-hybridized carbons (Fsp3) is 0.556. The van der Waals surface area contributed by atoms with E-state index in [1.807, 2.05) is 0 Å². The first-order valence-corrected chi connectivity index (χ1v) is 5.07. The van der Waals surface area contributed by atoms with E-state index in [9.17, 15) is 4.79 Å². The summed E-state index contributed by atoms with van der Waals surface area (Å²) < 4.78 is 0. The molecule has 0 spiro atoms. The molecule has 0 aliphatic carbocycles. The van der Waals surface area contributed by atoms with Gasteiger partial charge in [0.2, 0.25) is 5.91 Å². The van der Waals surface area contributed by atoms with E-state index in [0.717, 1.165) is 26.2 Å². The van der Waals surface area contributed by atoms with E-state index in [-0.39, 0.29) is 5.91 Å². The maximum absolute atomic E-state index is 11.6. The normalized spacial score (nSPS) is 17.6. The van der Waals surface area contributed by atoms with Crippen LogP contribution < -0.4 is 10.6 Å². The summed E-state index contributed by atoms with van der Waals surface area (Å²) in [4.78, 5) is 13.7. The average molecular weight is 209 g/mol. The first-order chi connectivity index (χ1) is 7.34. The van der Waals surface area contributed by atoms with Gasteiger partial charge in [0.05, 0.1) is 12.7 Å². The lowest BCUT2D eigenvalue weighted by Gasteiger charge is -2.26. The van der Waals surface area contributed by atoms with Gasteiger partial charge in [-0.15, -0.1) is 0 Å². The first-order valence-electron chi connectivity index (χ1n) is 5.07. The number of rotatable bonds is 3. The van der Waals surface area contributed by atoms with Gasteiger partial charge in [0.25, 0.3) is 0 Å². The van der Waals surface area contributed by atoms with E-state index < -0.39 is 0 Å². The Kier molecular flexibility index (Phi) is 3.31. The summed E-state index contributed by atoms with van der Waals surface area (Å²) in [6.45, 7) is 4.21. The summed E-state index contributed by atoms with van der Waals surface area (Å²) in [7, 11) is 0. The van der Waals surface area contributed by atoms with Crippen molar-refractivity contribution in [3.05, 3.63) is 12.3 Å². The van der Waals surface area contributed by atoms with Crippen molar-refractivity contribution in [2.24, 2.45) is 0 Å². The van der Waals surface area contributed by atoms with Crippen LogP contribution in [0.3, 0.4) is 0 Å². The molecule has 1 aromatic heterocycles. The van der Waals surface area contributed by atoms with Crippen LogP contribution in [-0.2, 0) is 4.79 Å². The Bertz CT molecular complexity index is 304. The van der Waals surface area contributed by atoms with E-state index in [1.165, 1.54) is 0 Å². The summed E-state index contributed by atoms with van der Waals surface area (Å²) in [6.07, 6.45) is 1.61. The molecule has 0 atom stereocenters. The highest BCUT2D eigenvalue weighted by atomic mass is 16.2. The number of carbonyl (C=O) groups is 1. The number of anilines is 1. The molecule has 1 aliphatic heterocycles. The molecule has 1 saturated heterocycles. The molecule has 1 aromatic rings. The Morgan fingerprint density at radius 2 is 2.33 bits per heavy atom. The molecule has 15 heavy (non-hydrogen) atoms. The average Bonchev–Trinajstić information content (AvgIpc) is 2.71. The van der Waals surface area contributed by atoms with E-state index in [0.29, 0.717) is 12.4 Å². The van der Waals surface area contributed by atoms with Crippen LogP contribution in [0.1, 0.15) is 0 Å². The number of hydrogen-bond donors (Lipinski definition) is 3. The molecule has 6 heteroatoms. The molecule has 1 fully saturated rings. The highest BCUT2D eigenvalue weighted by Crippen LogP contribution is 1.99. The SMILES string of the molecule is O=C(CN1CCNCC1)Nc1ccn[nH]1. The second kappa shape index (κ2) is 4.90. The Labute approximate surface area is 88.0 Å². The fourth-order valence-corrected chi connectivity index (χ4v) is 1.59. The van der Waals surface area contributed by atoms with Crippen LogP contribution in [-0.4, -0.2) is 53.7 Å². The molecule has 0 aromatic carbocycles. The molecule has 0 radical (unpaired) electrons. The Balaban J connectivity index is 1.76. The maximum atomic E-state index is 11.6. The second-order valence-corrected chi connectivity index (χ2v) is 3.54. The lowest BCUT2D eigenvalue weighted by atomic mass is 10.3. The van der Waals surface area contributed by atoms with Gasteiger partial charge in [-0.3, -0.25) is 14.8 Å². The monoisotopic (exact) mass is 209 g/mol. The van der Waals surface area contributed by atoms with Crippen molar-refractivity contribution in [1.82, 2.24) is 20.4 Å². The molecule has 2 heterocycles. The standard InChI is InChI=1S/C9H15N5O/c15-9(12-8-1-2-11-13-8)7-14-5-3-10-4-6-14/h1-2,10H,3-7H2,(H2,11,12,13,15).